The van der Waals surface area contributed by atoms with Crippen LogP contribution in [0.1, 0.15) is 68.8 Å². The zero-order valence-corrected chi connectivity index (χ0v) is 21.2. The molecule has 1 unspecified atom stereocenters. The highest BCUT2D eigenvalue weighted by Crippen LogP contribution is 2.37. The molecule has 4 aromatic rings. The van der Waals surface area contributed by atoms with Crippen LogP contribution in [0.25, 0.3) is 10.9 Å². The maximum atomic E-state index is 13.4. The van der Waals surface area contributed by atoms with Gasteiger partial charge in [-0.2, -0.15) is 4.98 Å². The molecule has 190 valence electrons. The number of likely N-dealkylation sites (N-methyl/N-ethyl adjacent to an activating group) is 1. The smallest absolute Gasteiger partial charge is 0.307 e. The summed E-state index contributed by atoms with van der Waals surface area (Å²) < 4.78 is 12.0. The molecule has 1 amide bonds. The van der Waals surface area contributed by atoms with Crippen molar-refractivity contribution < 1.29 is 19.1 Å². The predicted octanol–water partition coefficient (Wildman–Crippen LogP) is 6.53. The lowest BCUT2D eigenvalue weighted by atomic mass is 9.98. The number of benzene rings is 2. The van der Waals surface area contributed by atoms with Crippen LogP contribution < -0.4 is 4.90 Å². The van der Waals surface area contributed by atoms with Gasteiger partial charge in [0.2, 0.25) is 0 Å². The normalized spacial score (nSPS) is 13.1. The topological polar surface area (TPSA) is 91.6 Å². The molecule has 2 heterocycles. The Bertz CT molecular complexity index is 1260. The monoisotopic (exact) mass is 489 g/mol. The summed E-state index contributed by atoms with van der Waals surface area (Å²) in [7, 11) is 1.61. The molecule has 7 heteroatoms. The van der Waals surface area contributed by atoms with Crippen LogP contribution >= 0.6 is 0 Å². The molecule has 0 fully saturated rings. The Hall–Kier alpha value is -3.58. The van der Waals surface area contributed by atoms with Gasteiger partial charge in [-0.3, -0.25) is 9.69 Å². The first-order chi connectivity index (χ1) is 17.5. The van der Waals surface area contributed by atoms with Gasteiger partial charge in [-0.1, -0.05) is 88.1 Å². The van der Waals surface area contributed by atoms with Crippen molar-refractivity contribution in [2.45, 2.75) is 64.6 Å². The molecule has 2 atom stereocenters. The molecule has 2 aromatic heterocycles. The number of anilines is 1. The molecule has 4 rings (SSSR count). The van der Waals surface area contributed by atoms with E-state index in [-0.39, 0.29) is 23.7 Å². The van der Waals surface area contributed by atoms with Crippen LogP contribution in [0.2, 0.25) is 0 Å². The number of oxazole rings is 1. The lowest BCUT2D eigenvalue weighted by Crippen LogP contribution is -2.38. The van der Waals surface area contributed by atoms with Crippen molar-refractivity contribution in [3.05, 3.63) is 77.7 Å². The molecule has 0 bridgehead atoms. The standard InChI is InChI=1S/C29H35N3O4/c1-4-5-6-10-17-25(35-19-21-13-8-7-9-14-21)28(34)32(3)29-31-27(33)26(36-29)20(2)23-18-30-24-16-12-11-15-22(23)24/h7-9,11-16,18,20,25,30,33H,4-6,10,17,19H2,1-3H3/t20-,25?/m1/s1. The molecule has 2 N–H and O–H groups in total. The fraction of sp³-hybridized carbons (Fsp3) is 0.379. The van der Waals surface area contributed by atoms with Crippen LogP contribution in [0, 0.1) is 0 Å². The van der Waals surface area contributed by atoms with Gasteiger partial charge >= 0.3 is 6.01 Å². The molecule has 0 aliphatic rings. The van der Waals surface area contributed by atoms with Gasteiger partial charge in [0.05, 0.1) is 6.61 Å². The van der Waals surface area contributed by atoms with Crippen molar-refractivity contribution in [1.29, 1.82) is 0 Å². The zero-order valence-electron chi connectivity index (χ0n) is 21.2. The van der Waals surface area contributed by atoms with Gasteiger partial charge in [-0.05, 0) is 23.6 Å². The number of rotatable bonds is 12. The Morgan fingerprint density at radius 1 is 1.11 bits per heavy atom. The lowest BCUT2D eigenvalue weighted by molar-refractivity contribution is -0.131. The molecular weight excluding hydrogens is 454 g/mol. The summed E-state index contributed by atoms with van der Waals surface area (Å²) in [6.07, 6.45) is 6.08. The summed E-state index contributed by atoms with van der Waals surface area (Å²) >= 11 is 0. The molecule has 0 aliphatic carbocycles. The Kier molecular flexibility index (Phi) is 8.44. The van der Waals surface area contributed by atoms with E-state index in [9.17, 15) is 9.90 Å². The molecule has 2 aromatic carbocycles. The molecule has 0 saturated heterocycles. The average molecular weight is 490 g/mol. The van der Waals surface area contributed by atoms with E-state index in [1.165, 1.54) is 4.90 Å². The first kappa shape index (κ1) is 25.5. The van der Waals surface area contributed by atoms with E-state index in [0.717, 1.165) is 47.7 Å². The Morgan fingerprint density at radius 2 is 1.86 bits per heavy atom. The fourth-order valence-electron chi connectivity index (χ4n) is 4.45. The van der Waals surface area contributed by atoms with E-state index in [1.54, 1.807) is 7.05 Å². The van der Waals surface area contributed by atoms with Crippen molar-refractivity contribution in [2.75, 3.05) is 11.9 Å². The van der Waals surface area contributed by atoms with Gasteiger partial charge in [0.1, 0.15) is 6.10 Å². The van der Waals surface area contributed by atoms with Crippen LogP contribution in [0.3, 0.4) is 0 Å². The van der Waals surface area contributed by atoms with Gasteiger partial charge in [0, 0.05) is 30.1 Å². The van der Waals surface area contributed by atoms with E-state index >= 15 is 0 Å². The number of H-pyrrole nitrogens is 1. The second-order valence-electron chi connectivity index (χ2n) is 9.23. The number of carbonyl (C=O) groups excluding carboxylic acids is 1. The van der Waals surface area contributed by atoms with E-state index in [4.69, 9.17) is 9.15 Å². The van der Waals surface area contributed by atoms with Crippen molar-refractivity contribution in [3.63, 3.8) is 0 Å². The molecule has 0 spiro atoms. The van der Waals surface area contributed by atoms with Crippen LogP contribution in [0.15, 0.2) is 65.2 Å². The largest absolute Gasteiger partial charge is 0.491 e. The Labute approximate surface area is 212 Å². The number of hydrogen-bond donors (Lipinski definition) is 2. The molecular formula is C29H35N3O4. The number of unbranched alkanes of at least 4 members (excludes halogenated alkanes) is 3. The number of carbonyl (C=O) groups is 1. The van der Waals surface area contributed by atoms with E-state index in [2.05, 4.69) is 16.9 Å². The minimum atomic E-state index is -0.629. The number of nitrogens with zero attached hydrogens (tertiary/aromatic N) is 2. The summed E-state index contributed by atoms with van der Waals surface area (Å²) in [6, 6.07) is 17.8. The van der Waals surface area contributed by atoms with E-state index in [0.29, 0.717) is 18.8 Å². The van der Waals surface area contributed by atoms with Crippen LogP contribution in [0.4, 0.5) is 6.01 Å². The number of ether oxygens (including phenoxy) is 1. The third kappa shape index (κ3) is 5.79. The molecule has 0 aliphatic heterocycles. The zero-order chi connectivity index (χ0) is 25.5. The van der Waals surface area contributed by atoms with E-state index in [1.807, 2.05) is 67.7 Å². The highest BCUT2D eigenvalue weighted by molar-refractivity contribution is 5.94. The molecule has 0 saturated carbocycles. The molecule has 0 radical (unpaired) electrons. The van der Waals surface area contributed by atoms with Gasteiger partial charge in [0.15, 0.2) is 5.76 Å². The van der Waals surface area contributed by atoms with Gasteiger partial charge in [-0.25, -0.2) is 0 Å². The summed E-state index contributed by atoms with van der Waals surface area (Å²) in [6.45, 7) is 4.45. The second kappa shape index (κ2) is 11.9. The molecule has 36 heavy (non-hydrogen) atoms. The number of nitrogens with one attached hydrogen (secondary N) is 1. The van der Waals surface area contributed by atoms with Crippen molar-refractivity contribution >= 4 is 22.8 Å². The summed E-state index contributed by atoms with van der Waals surface area (Å²) in [5, 5.41) is 11.7. The number of aromatic hydroxyl groups is 1. The average Bonchev–Trinajstić information content (AvgIpc) is 3.51. The minimum absolute atomic E-state index is 0.0565. The van der Waals surface area contributed by atoms with Crippen molar-refractivity contribution in [1.82, 2.24) is 9.97 Å². The number of fused-ring (bicyclic) bond motifs is 1. The Balaban J connectivity index is 1.50. The fourth-order valence-corrected chi connectivity index (χ4v) is 4.45. The van der Waals surface area contributed by atoms with Gasteiger partial charge < -0.3 is 19.2 Å². The van der Waals surface area contributed by atoms with Crippen LogP contribution in [-0.2, 0) is 16.1 Å². The van der Waals surface area contributed by atoms with Crippen molar-refractivity contribution in [3.8, 4) is 5.88 Å². The summed E-state index contributed by atoms with van der Waals surface area (Å²) in [4.78, 5) is 22.2. The predicted molar refractivity (Wildman–Crippen MR) is 141 cm³/mol. The number of hydrogen-bond acceptors (Lipinski definition) is 5. The van der Waals surface area contributed by atoms with Crippen LogP contribution in [0.5, 0.6) is 5.88 Å². The highest BCUT2D eigenvalue weighted by atomic mass is 16.5. The Morgan fingerprint density at radius 3 is 2.64 bits per heavy atom. The highest BCUT2D eigenvalue weighted by Gasteiger charge is 2.29. The van der Waals surface area contributed by atoms with Gasteiger partial charge in [0.25, 0.3) is 11.8 Å². The lowest BCUT2D eigenvalue weighted by Gasteiger charge is -2.22. The summed E-state index contributed by atoms with van der Waals surface area (Å²) in [5.41, 5.74) is 3.00. The first-order valence-corrected chi connectivity index (χ1v) is 12.7. The summed E-state index contributed by atoms with van der Waals surface area (Å²) in [5.74, 6) is -0.397. The van der Waals surface area contributed by atoms with E-state index < -0.39 is 6.10 Å². The number of aromatic amines is 1. The third-order valence-electron chi connectivity index (χ3n) is 6.61. The second-order valence-corrected chi connectivity index (χ2v) is 9.23. The third-order valence-corrected chi connectivity index (χ3v) is 6.61. The van der Waals surface area contributed by atoms with Crippen LogP contribution in [-0.4, -0.2) is 34.1 Å². The van der Waals surface area contributed by atoms with Gasteiger partial charge in [-0.15, -0.1) is 0 Å². The quantitative estimate of drug-likeness (QED) is 0.221. The SMILES string of the molecule is CCCCCCC(OCc1ccccc1)C(=O)N(C)c1nc(O)c([C@H](C)c2c[nH]c3ccccc23)o1. The number of amides is 1. The molecule has 7 nitrogen and oxygen atoms in total. The number of aromatic nitrogens is 2. The first-order valence-electron chi connectivity index (χ1n) is 12.7. The van der Waals surface area contributed by atoms with Crippen molar-refractivity contribution in [2.24, 2.45) is 0 Å². The minimum Gasteiger partial charge on any atom is -0.491 e. The maximum absolute atomic E-state index is 13.4. The number of para-hydroxylation sites is 1. The maximum Gasteiger partial charge on any atom is 0.307 e.